The van der Waals surface area contributed by atoms with Crippen LogP contribution < -0.4 is 0 Å². The Morgan fingerprint density at radius 3 is 2.56 bits per heavy atom. The number of carbonyl (C=O) groups excluding carboxylic acids is 1. The highest BCUT2D eigenvalue weighted by Crippen LogP contribution is 2.90. The number of carbonyl (C=O) groups is 1. The average molecular weight is 441 g/mol. The molecule has 6 fully saturated rings. The van der Waals surface area contributed by atoms with Gasteiger partial charge in [0.1, 0.15) is 5.60 Å². The first-order valence-electron chi connectivity index (χ1n) is 6.64. The number of hydrogen-bond acceptors (Lipinski definition) is 2. The van der Waals surface area contributed by atoms with Gasteiger partial charge in [-0.2, -0.15) is 0 Å². The molecule has 0 saturated heterocycles. The lowest BCUT2D eigenvalue weighted by molar-refractivity contribution is -0.167. The minimum atomic E-state index is -0.240. The summed E-state index contributed by atoms with van der Waals surface area (Å²) in [5.74, 6) is 4.64. The topological polar surface area (TPSA) is 26.3 Å². The molecule has 0 aromatic rings. The molecule has 6 bridgehead atoms. The maximum atomic E-state index is 11.6. The average Bonchev–Trinajstić information content (AvgIpc) is 2.93. The molecule has 0 unspecified atom stereocenters. The first-order chi connectivity index (χ1) is 8.42. The highest BCUT2D eigenvalue weighted by molar-refractivity contribution is 9.25. The van der Waals surface area contributed by atoms with Crippen LogP contribution in [-0.2, 0) is 9.53 Å². The van der Waals surface area contributed by atoms with Gasteiger partial charge < -0.3 is 4.74 Å². The molecule has 5 heteroatoms. The third kappa shape index (κ3) is 0.828. The van der Waals surface area contributed by atoms with Gasteiger partial charge in [-0.25, -0.2) is 0 Å². The molecule has 0 aliphatic heterocycles. The number of esters is 1. The van der Waals surface area contributed by atoms with Crippen molar-refractivity contribution in [3.8, 4) is 0 Å². The highest BCUT2D eigenvalue weighted by atomic mass is 79.9. The van der Waals surface area contributed by atoms with Gasteiger partial charge in [0, 0.05) is 18.8 Å². The molecule has 18 heavy (non-hydrogen) atoms. The van der Waals surface area contributed by atoms with E-state index in [1.165, 1.54) is 6.42 Å². The van der Waals surface area contributed by atoms with Crippen LogP contribution in [0, 0.1) is 41.4 Å². The van der Waals surface area contributed by atoms with Crippen molar-refractivity contribution in [2.24, 2.45) is 41.4 Å². The maximum absolute atomic E-state index is 11.6. The quantitative estimate of drug-likeness (QED) is 0.462. The molecule has 6 saturated carbocycles. The SMILES string of the molecule is CC(=O)O[C@]12[C@H]3[C@@H]4C[C@H]5[C@@H]([C@@H]4[C@@H]1Br)[C@H]2C(Br)(Br)[C@@H]53. The molecular weight excluding hydrogens is 428 g/mol. The highest BCUT2D eigenvalue weighted by Gasteiger charge is 2.93. The van der Waals surface area contributed by atoms with E-state index in [2.05, 4.69) is 47.8 Å². The minimum Gasteiger partial charge on any atom is -0.457 e. The van der Waals surface area contributed by atoms with Crippen LogP contribution in [0.25, 0.3) is 0 Å². The van der Waals surface area contributed by atoms with E-state index in [4.69, 9.17) is 4.74 Å². The van der Waals surface area contributed by atoms with E-state index >= 15 is 0 Å². The van der Waals surface area contributed by atoms with Gasteiger partial charge in [-0.3, -0.25) is 4.79 Å². The number of halogens is 3. The fourth-order valence-electron chi connectivity index (χ4n) is 6.89. The summed E-state index contributed by atoms with van der Waals surface area (Å²) in [5, 5.41) is 0. The standard InChI is InChI=1S/C13H13Br3O2/c1-3(17)18-12-8-5-2-4-6(7(5)11(12)14)10(12)13(15,16)9(4)8/h4-11H,2H2,1H3/t4-,5+,6-,7+,8-,9-,10+,11-,12-/m0/s1. The van der Waals surface area contributed by atoms with E-state index in [1.54, 1.807) is 6.92 Å². The Labute approximate surface area is 131 Å². The number of hydrogen-bond donors (Lipinski definition) is 0. The zero-order valence-corrected chi connectivity index (χ0v) is 14.5. The zero-order valence-electron chi connectivity index (χ0n) is 9.78. The predicted octanol–water partition coefficient (Wildman–Crippen LogP) is 3.31. The monoisotopic (exact) mass is 438 g/mol. The van der Waals surface area contributed by atoms with Crippen molar-refractivity contribution < 1.29 is 9.53 Å². The Balaban J connectivity index is 1.76. The van der Waals surface area contributed by atoms with E-state index in [0.717, 1.165) is 23.7 Å². The Morgan fingerprint density at radius 2 is 1.89 bits per heavy atom. The van der Waals surface area contributed by atoms with Crippen LogP contribution in [0.15, 0.2) is 0 Å². The van der Waals surface area contributed by atoms with Crippen molar-refractivity contribution in [3.05, 3.63) is 0 Å². The van der Waals surface area contributed by atoms with Crippen molar-refractivity contribution in [2.75, 3.05) is 0 Å². The summed E-state index contributed by atoms with van der Waals surface area (Å²) < 4.78 is 5.98. The van der Waals surface area contributed by atoms with Gasteiger partial charge in [0.2, 0.25) is 0 Å². The van der Waals surface area contributed by atoms with Crippen molar-refractivity contribution in [2.45, 2.75) is 27.0 Å². The molecule has 0 amide bonds. The summed E-state index contributed by atoms with van der Waals surface area (Å²) in [6.07, 6.45) is 1.35. The summed E-state index contributed by atoms with van der Waals surface area (Å²) >= 11 is 11.8. The fraction of sp³-hybridized carbons (Fsp3) is 0.923. The van der Waals surface area contributed by atoms with Gasteiger partial charge in [-0.15, -0.1) is 0 Å². The summed E-state index contributed by atoms with van der Waals surface area (Å²) in [7, 11) is 0. The Morgan fingerprint density at radius 1 is 1.22 bits per heavy atom. The summed E-state index contributed by atoms with van der Waals surface area (Å²) in [4.78, 5) is 12.0. The predicted molar refractivity (Wildman–Crippen MR) is 76.8 cm³/mol. The molecule has 0 heterocycles. The Kier molecular flexibility index (Phi) is 1.87. The molecular formula is C13H13Br3O2. The molecule has 0 N–H and O–H groups in total. The maximum Gasteiger partial charge on any atom is 0.303 e. The molecule has 6 aliphatic carbocycles. The van der Waals surface area contributed by atoms with Crippen LogP contribution in [0.3, 0.4) is 0 Å². The van der Waals surface area contributed by atoms with Gasteiger partial charge in [-0.05, 0) is 36.0 Å². The Bertz CT molecular complexity index is 493. The van der Waals surface area contributed by atoms with Crippen LogP contribution in [0.2, 0.25) is 0 Å². The lowest BCUT2D eigenvalue weighted by Gasteiger charge is -2.41. The second-order valence-electron chi connectivity index (χ2n) is 6.77. The van der Waals surface area contributed by atoms with Crippen LogP contribution in [-0.4, -0.2) is 19.6 Å². The largest absolute Gasteiger partial charge is 0.457 e. The lowest BCUT2D eigenvalue weighted by atomic mass is 9.69. The number of rotatable bonds is 1. The van der Waals surface area contributed by atoms with Crippen LogP contribution >= 0.6 is 47.8 Å². The summed E-state index contributed by atoms with van der Waals surface area (Å²) in [6.45, 7) is 1.56. The van der Waals surface area contributed by atoms with Crippen LogP contribution in [0.4, 0.5) is 0 Å². The normalized spacial score (nSPS) is 67.6. The third-order valence-corrected chi connectivity index (χ3v) is 10.00. The van der Waals surface area contributed by atoms with Crippen molar-refractivity contribution in [1.29, 1.82) is 0 Å². The van der Waals surface area contributed by atoms with E-state index < -0.39 is 0 Å². The number of alkyl halides is 3. The van der Waals surface area contributed by atoms with Gasteiger partial charge >= 0.3 is 5.97 Å². The number of ether oxygens (including phenoxy) is 1. The first kappa shape index (κ1) is 11.6. The second-order valence-corrected chi connectivity index (χ2v) is 11.4. The van der Waals surface area contributed by atoms with Gasteiger partial charge in [0.25, 0.3) is 0 Å². The molecule has 6 rings (SSSR count). The molecule has 98 valence electrons. The van der Waals surface area contributed by atoms with Gasteiger partial charge in [0.05, 0.1) is 8.06 Å². The smallest absolute Gasteiger partial charge is 0.303 e. The first-order valence-corrected chi connectivity index (χ1v) is 9.14. The molecule has 0 aromatic heterocycles. The molecule has 0 spiro atoms. The second kappa shape index (κ2) is 2.92. The van der Waals surface area contributed by atoms with Crippen LogP contribution in [0.1, 0.15) is 13.3 Å². The summed E-state index contributed by atoms with van der Waals surface area (Å²) in [5.41, 5.74) is -0.240. The summed E-state index contributed by atoms with van der Waals surface area (Å²) in [6, 6.07) is 0. The van der Waals surface area contributed by atoms with Gasteiger partial charge in [0.15, 0.2) is 0 Å². The van der Waals surface area contributed by atoms with Gasteiger partial charge in [-0.1, -0.05) is 47.8 Å². The molecule has 9 atom stereocenters. The molecule has 0 radical (unpaired) electrons. The third-order valence-electron chi connectivity index (χ3n) is 6.63. The zero-order chi connectivity index (χ0) is 12.6. The van der Waals surface area contributed by atoms with E-state index in [0.29, 0.717) is 22.6 Å². The molecule has 2 nitrogen and oxygen atoms in total. The van der Waals surface area contributed by atoms with E-state index in [-0.39, 0.29) is 14.8 Å². The van der Waals surface area contributed by atoms with Crippen molar-refractivity contribution >= 4 is 53.8 Å². The van der Waals surface area contributed by atoms with E-state index in [1.807, 2.05) is 0 Å². The van der Waals surface area contributed by atoms with Crippen LogP contribution in [0.5, 0.6) is 0 Å². The Hall–Kier alpha value is 0.910. The lowest BCUT2D eigenvalue weighted by Crippen LogP contribution is -2.49. The van der Waals surface area contributed by atoms with Crippen molar-refractivity contribution in [1.82, 2.24) is 0 Å². The molecule has 6 aliphatic rings. The fourth-order valence-corrected chi connectivity index (χ4v) is 10.9. The van der Waals surface area contributed by atoms with E-state index in [9.17, 15) is 4.79 Å². The molecule has 0 aromatic carbocycles. The van der Waals surface area contributed by atoms with Crippen molar-refractivity contribution in [3.63, 3.8) is 0 Å². The minimum absolute atomic E-state index is 0.00146.